The Kier molecular flexibility index (Phi) is 8.02. The lowest BCUT2D eigenvalue weighted by atomic mass is 10.2. The smallest absolute Gasteiger partial charge is 0.253 e. The number of carbonyl (C=O) groups is 1. The second-order valence-electron chi connectivity index (χ2n) is 4.86. The van der Waals surface area contributed by atoms with Gasteiger partial charge in [-0.2, -0.15) is 0 Å². The molecule has 5 nitrogen and oxygen atoms in total. The summed E-state index contributed by atoms with van der Waals surface area (Å²) >= 11 is 0. The van der Waals surface area contributed by atoms with E-state index in [0.717, 1.165) is 45.7 Å². The Morgan fingerprint density at radius 1 is 1.21 bits per heavy atom. The summed E-state index contributed by atoms with van der Waals surface area (Å²) in [5, 5.41) is 3.21. The van der Waals surface area contributed by atoms with Crippen LogP contribution in [0.2, 0.25) is 0 Å². The summed E-state index contributed by atoms with van der Waals surface area (Å²) in [7, 11) is 0. The van der Waals surface area contributed by atoms with Crippen LogP contribution in [0.3, 0.4) is 0 Å². The largest absolute Gasteiger partial charge is 0.366 e. The molecule has 1 saturated heterocycles. The number of rotatable bonds is 8. The maximum absolute atomic E-state index is 12.3. The number of likely N-dealkylation sites (N-methyl/N-ethyl adjacent to an activating group) is 1. The van der Waals surface area contributed by atoms with E-state index in [0.29, 0.717) is 13.2 Å². The molecule has 5 heteroatoms. The topological polar surface area (TPSA) is 44.8 Å². The van der Waals surface area contributed by atoms with E-state index >= 15 is 0 Å². The molecular formula is C14H29N3O2. The number of carbonyl (C=O) groups excluding carboxylic acids is 1. The molecule has 1 unspecified atom stereocenters. The van der Waals surface area contributed by atoms with Gasteiger partial charge in [-0.25, -0.2) is 0 Å². The highest BCUT2D eigenvalue weighted by Crippen LogP contribution is 2.04. The summed E-state index contributed by atoms with van der Waals surface area (Å²) in [6, 6.07) is 0. The molecule has 1 heterocycles. The standard InChI is InChI=1S/C14H29N3O2/c1-4-16(5-2)9-7-10-17(6-3)14(18)13-12-15-8-11-19-13/h13,15H,4-12H2,1-3H3. The Morgan fingerprint density at radius 3 is 2.47 bits per heavy atom. The first-order chi connectivity index (χ1) is 9.22. The highest BCUT2D eigenvalue weighted by atomic mass is 16.5. The van der Waals surface area contributed by atoms with Gasteiger partial charge in [-0.3, -0.25) is 4.79 Å². The number of nitrogens with zero attached hydrogens (tertiary/aromatic N) is 2. The Hall–Kier alpha value is -0.650. The van der Waals surface area contributed by atoms with Crippen molar-refractivity contribution in [2.45, 2.75) is 33.3 Å². The van der Waals surface area contributed by atoms with Gasteiger partial charge in [0.2, 0.25) is 0 Å². The van der Waals surface area contributed by atoms with Gasteiger partial charge in [0.1, 0.15) is 6.10 Å². The summed E-state index contributed by atoms with van der Waals surface area (Å²) in [5.41, 5.74) is 0. The normalized spacial score (nSPS) is 19.7. The van der Waals surface area contributed by atoms with E-state index in [-0.39, 0.29) is 12.0 Å². The summed E-state index contributed by atoms with van der Waals surface area (Å²) in [6.45, 7) is 13.3. The van der Waals surface area contributed by atoms with Crippen LogP contribution in [0.1, 0.15) is 27.2 Å². The minimum absolute atomic E-state index is 0.134. The lowest BCUT2D eigenvalue weighted by Gasteiger charge is -2.29. The molecule has 0 saturated carbocycles. The molecule has 0 spiro atoms. The van der Waals surface area contributed by atoms with Gasteiger partial charge in [0.25, 0.3) is 5.91 Å². The van der Waals surface area contributed by atoms with E-state index in [4.69, 9.17) is 4.74 Å². The van der Waals surface area contributed by atoms with Crippen molar-refractivity contribution in [1.29, 1.82) is 0 Å². The Balaban J connectivity index is 2.33. The minimum Gasteiger partial charge on any atom is -0.366 e. The van der Waals surface area contributed by atoms with E-state index < -0.39 is 0 Å². The van der Waals surface area contributed by atoms with Crippen molar-refractivity contribution in [1.82, 2.24) is 15.1 Å². The number of hydrogen-bond acceptors (Lipinski definition) is 4. The van der Waals surface area contributed by atoms with Crippen LogP contribution in [0, 0.1) is 0 Å². The fourth-order valence-corrected chi connectivity index (χ4v) is 2.38. The lowest BCUT2D eigenvalue weighted by Crippen LogP contribution is -2.49. The van der Waals surface area contributed by atoms with E-state index in [1.54, 1.807) is 0 Å². The van der Waals surface area contributed by atoms with Gasteiger partial charge in [0.15, 0.2) is 0 Å². The third-order valence-electron chi connectivity index (χ3n) is 3.69. The molecule has 0 aliphatic carbocycles. The maximum Gasteiger partial charge on any atom is 0.253 e. The Labute approximate surface area is 117 Å². The maximum atomic E-state index is 12.3. The van der Waals surface area contributed by atoms with Gasteiger partial charge in [0, 0.05) is 26.2 Å². The van der Waals surface area contributed by atoms with Crippen molar-refractivity contribution in [3.8, 4) is 0 Å². The van der Waals surface area contributed by atoms with E-state index in [1.807, 2.05) is 11.8 Å². The molecular weight excluding hydrogens is 242 g/mol. The molecule has 112 valence electrons. The van der Waals surface area contributed by atoms with E-state index in [9.17, 15) is 4.79 Å². The zero-order valence-corrected chi connectivity index (χ0v) is 12.7. The first-order valence-electron chi connectivity index (χ1n) is 7.56. The van der Waals surface area contributed by atoms with Crippen LogP contribution >= 0.6 is 0 Å². The molecule has 1 N–H and O–H groups in total. The first-order valence-corrected chi connectivity index (χ1v) is 7.56. The summed E-state index contributed by atoms with van der Waals surface area (Å²) < 4.78 is 5.53. The third-order valence-corrected chi connectivity index (χ3v) is 3.69. The van der Waals surface area contributed by atoms with Crippen molar-refractivity contribution in [2.24, 2.45) is 0 Å². The molecule has 1 aliphatic heterocycles. The second-order valence-corrected chi connectivity index (χ2v) is 4.86. The fourth-order valence-electron chi connectivity index (χ4n) is 2.38. The predicted octanol–water partition coefficient (Wildman–Crippen LogP) is 0.555. The monoisotopic (exact) mass is 271 g/mol. The summed E-state index contributed by atoms with van der Waals surface area (Å²) in [4.78, 5) is 16.6. The molecule has 0 bridgehead atoms. The van der Waals surface area contributed by atoms with E-state index in [1.165, 1.54) is 0 Å². The highest BCUT2D eigenvalue weighted by molar-refractivity contribution is 5.81. The van der Waals surface area contributed by atoms with Crippen LogP contribution in [0.4, 0.5) is 0 Å². The summed E-state index contributed by atoms with van der Waals surface area (Å²) in [5.74, 6) is 0.134. The zero-order chi connectivity index (χ0) is 14.1. The van der Waals surface area contributed by atoms with Gasteiger partial charge in [0.05, 0.1) is 6.61 Å². The van der Waals surface area contributed by atoms with Gasteiger partial charge in [-0.05, 0) is 33.0 Å². The van der Waals surface area contributed by atoms with Gasteiger partial charge >= 0.3 is 0 Å². The lowest BCUT2D eigenvalue weighted by molar-refractivity contribution is -0.145. The molecule has 1 aliphatic rings. The van der Waals surface area contributed by atoms with Gasteiger partial charge in [-0.15, -0.1) is 0 Å². The molecule has 0 aromatic rings. The highest BCUT2D eigenvalue weighted by Gasteiger charge is 2.25. The Bertz CT molecular complexity index is 251. The zero-order valence-electron chi connectivity index (χ0n) is 12.7. The van der Waals surface area contributed by atoms with Gasteiger partial charge < -0.3 is 19.9 Å². The van der Waals surface area contributed by atoms with Crippen molar-refractivity contribution >= 4 is 5.91 Å². The average molecular weight is 271 g/mol. The fraction of sp³-hybridized carbons (Fsp3) is 0.929. The SMILES string of the molecule is CCN(CC)CCCN(CC)C(=O)C1CNCCO1. The van der Waals surface area contributed by atoms with E-state index in [2.05, 4.69) is 24.1 Å². The summed E-state index contributed by atoms with van der Waals surface area (Å²) in [6.07, 6.45) is 0.740. The molecule has 0 aromatic carbocycles. The molecule has 1 rings (SSSR count). The molecule has 0 aromatic heterocycles. The first kappa shape index (κ1) is 16.4. The Morgan fingerprint density at radius 2 is 1.95 bits per heavy atom. The average Bonchev–Trinajstić information content (AvgIpc) is 2.48. The molecule has 1 amide bonds. The van der Waals surface area contributed by atoms with Crippen molar-refractivity contribution in [3.05, 3.63) is 0 Å². The predicted molar refractivity (Wildman–Crippen MR) is 77.3 cm³/mol. The second kappa shape index (κ2) is 9.28. The number of nitrogens with one attached hydrogen (secondary N) is 1. The molecule has 1 fully saturated rings. The molecule has 19 heavy (non-hydrogen) atoms. The number of morpholine rings is 1. The van der Waals surface area contributed by atoms with Crippen LogP contribution in [-0.4, -0.2) is 74.2 Å². The number of hydrogen-bond donors (Lipinski definition) is 1. The molecule has 1 atom stereocenters. The van der Waals surface area contributed by atoms with Crippen LogP contribution in [0.5, 0.6) is 0 Å². The third kappa shape index (κ3) is 5.47. The van der Waals surface area contributed by atoms with Gasteiger partial charge in [-0.1, -0.05) is 13.8 Å². The van der Waals surface area contributed by atoms with Crippen LogP contribution < -0.4 is 5.32 Å². The number of ether oxygens (including phenoxy) is 1. The quantitative estimate of drug-likeness (QED) is 0.700. The van der Waals surface area contributed by atoms with Crippen LogP contribution in [0.25, 0.3) is 0 Å². The van der Waals surface area contributed by atoms with Crippen LogP contribution in [-0.2, 0) is 9.53 Å². The minimum atomic E-state index is -0.290. The molecule has 0 radical (unpaired) electrons. The van der Waals surface area contributed by atoms with Crippen LogP contribution in [0.15, 0.2) is 0 Å². The van der Waals surface area contributed by atoms with Crippen molar-refractivity contribution in [3.63, 3.8) is 0 Å². The van der Waals surface area contributed by atoms with Crippen molar-refractivity contribution in [2.75, 3.05) is 52.4 Å². The number of amides is 1. The van der Waals surface area contributed by atoms with Crippen molar-refractivity contribution < 1.29 is 9.53 Å².